The van der Waals surface area contributed by atoms with Crippen LogP contribution in [0.3, 0.4) is 0 Å². The molecule has 0 heterocycles. The first-order chi connectivity index (χ1) is 4.86. The number of hydrogen-bond acceptors (Lipinski definition) is 2. The number of rotatable bonds is 2. The molecule has 58 valence electrons. The highest BCUT2D eigenvalue weighted by Gasteiger charge is 2.14. The summed E-state index contributed by atoms with van der Waals surface area (Å²) >= 11 is 0. The van der Waals surface area contributed by atoms with Crippen LogP contribution >= 0.6 is 0 Å². The van der Waals surface area contributed by atoms with Gasteiger partial charge < -0.3 is 5.11 Å². The van der Waals surface area contributed by atoms with Crippen molar-refractivity contribution in [3.8, 4) is 0 Å². The quantitative estimate of drug-likeness (QED) is 0.640. The molecule has 0 aromatic rings. The van der Waals surface area contributed by atoms with Crippen LogP contribution in [0, 0.1) is 5.92 Å². The van der Waals surface area contributed by atoms with E-state index in [0.717, 1.165) is 12.8 Å². The molecule has 0 radical (unpaired) electrons. The van der Waals surface area contributed by atoms with Gasteiger partial charge in [0, 0.05) is 17.6 Å². The molecule has 2 nitrogen and oxygen atoms in total. The molecule has 1 N–H and O–H groups in total. The van der Waals surface area contributed by atoms with E-state index in [2.05, 4.69) is 4.94 Å². The Morgan fingerprint density at radius 3 is 3.00 bits per heavy atom. The van der Waals surface area contributed by atoms with Gasteiger partial charge in [-0.3, -0.25) is 4.94 Å². The fourth-order valence-corrected chi connectivity index (χ4v) is 1.10. The number of hydrogen-bond donors (Lipinski definition) is 1. The standard InChI is InChI=1S/C7H11FO2/c8-10-7-3-1-6(5-9)2-4-7/h3,6,9H,1-2,4-5H2. The lowest BCUT2D eigenvalue weighted by Gasteiger charge is -2.16. The van der Waals surface area contributed by atoms with Crippen molar-refractivity contribution in [2.75, 3.05) is 6.61 Å². The summed E-state index contributed by atoms with van der Waals surface area (Å²) in [5.41, 5.74) is 0. The first kappa shape index (κ1) is 7.54. The van der Waals surface area contributed by atoms with Gasteiger partial charge in [0.25, 0.3) is 0 Å². The fraction of sp³-hybridized carbons (Fsp3) is 0.714. The van der Waals surface area contributed by atoms with Crippen LogP contribution < -0.4 is 0 Å². The lowest BCUT2D eigenvalue weighted by Crippen LogP contribution is -2.09. The SMILES string of the molecule is OCC1CC=C(OF)CC1. The van der Waals surface area contributed by atoms with Crippen molar-refractivity contribution >= 4 is 0 Å². The molecule has 0 amide bonds. The average Bonchev–Trinajstić information content (AvgIpc) is 2.05. The molecule has 0 aromatic carbocycles. The third kappa shape index (κ3) is 1.70. The van der Waals surface area contributed by atoms with E-state index in [1.807, 2.05) is 0 Å². The van der Waals surface area contributed by atoms with Crippen LogP contribution in [0.1, 0.15) is 19.3 Å². The molecule has 0 bridgehead atoms. The van der Waals surface area contributed by atoms with E-state index in [9.17, 15) is 4.53 Å². The van der Waals surface area contributed by atoms with Gasteiger partial charge in [-0.05, 0) is 24.8 Å². The third-order valence-corrected chi connectivity index (χ3v) is 1.84. The lowest BCUT2D eigenvalue weighted by molar-refractivity contribution is -0.0901. The summed E-state index contributed by atoms with van der Waals surface area (Å²) in [4.78, 5) is 3.56. The summed E-state index contributed by atoms with van der Waals surface area (Å²) in [6.07, 6.45) is 3.87. The highest BCUT2D eigenvalue weighted by Crippen LogP contribution is 2.23. The number of aliphatic hydroxyl groups is 1. The highest BCUT2D eigenvalue weighted by molar-refractivity contribution is 4.97. The van der Waals surface area contributed by atoms with Crippen LogP contribution in [0.25, 0.3) is 0 Å². The van der Waals surface area contributed by atoms with Crippen LogP contribution in [0.15, 0.2) is 11.8 Å². The molecule has 10 heavy (non-hydrogen) atoms. The Labute approximate surface area is 59.2 Å². The Kier molecular flexibility index (Phi) is 2.68. The summed E-state index contributed by atoms with van der Waals surface area (Å²) in [7, 11) is 0. The zero-order chi connectivity index (χ0) is 7.40. The van der Waals surface area contributed by atoms with Crippen molar-refractivity contribution in [1.82, 2.24) is 0 Å². The summed E-state index contributed by atoms with van der Waals surface area (Å²) in [6, 6.07) is 0. The number of allylic oxidation sites excluding steroid dienone is 2. The predicted molar refractivity (Wildman–Crippen MR) is 34.7 cm³/mol. The van der Waals surface area contributed by atoms with E-state index >= 15 is 0 Å². The van der Waals surface area contributed by atoms with Gasteiger partial charge in [-0.1, -0.05) is 0 Å². The van der Waals surface area contributed by atoms with Crippen molar-refractivity contribution in [2.24, 2.45) is 5.92 Å². The second-order valence-electron chi connectivity index (χ2n) is 2.57. The molecule has 1 atom stereocenters. The van der Waals surface area contributed by atoms with E-state index in [-0.39, 0.29) is 6.61 Å². The topological polar surface area (TPSA) is 29.5 Å². The van der Waals surface area contributed by atoms with Crippen molar-refractivity contribution in [3.05, 3.63) is 11.8 Å². The highest BCUT2D eigenvalue weighted by atomic mass is 19.3. The molecule has 1 aliphatic rings. The molecule has 0 saturated heterocycles. The Hall–Kier alpha value is -0.570. The number of halogens is 1. The van der Waals surface area contributed by atoms with Gasteiger partial charge in [0.2, 0.25) is 0 Å². The molecule has 0 spiro atoms. The maximum Gasteiger partial charge on any atom is 0.145 e. The molecular formula is C7H11FO2. The van der Waals surface area contributed by atoms with Crippen LogP contribution in [0.2, 0.25) is 0 Å². The van der Waals surface area contributed by atoms with Crippen molar-refractivity contribution in [2.45, 2.75) is 19.3 Å². The Bertz CT molecular complexity index is 134. The zero-order valence-electron chi connectivity index (χ0n) is 5.72. The second kappa shape index (κ2) is 3.56. The largest absolute Gasteiger partial charge is 0.396 e. The minimum absolute atomic E-state index is 0.191. The van der Waals surface area contributed by atoms with Gasteiger partial charge in [-0.15, -0.1) is 0 Å². The van der Waals surface area contributed by atoms with Gasteiger partial charge in [0.05, 0.1) is 0 Å². The van der Waals surface area contributed by atoms with Crippen molar-refractivity contribution in [3.63, 3.8) is 0 Å². The maximum absolute atomic E-state index is 11.5. The van der Waals surface area contributed by atoms with Gasteiger partial charge in [0.15, 0.2) is 0 Å². The van der Waals surface area contributed by atoms with E-state index in [1.165, 1.54) is 0 Å². The van der Waals surface area contributed by atoms with Crippen LogP contribution in [-0.2, 0) is 4.94 Å². The summed E-state index contributed by atoms with van der Waals surface area (Å²) in [6.45, 7) is 0.191. The minimum atomic E-state index is 0.191. The lowest BCUT2D eigenvalue weighted by atomic mass is 9.94. The van der Waals surface area contributed by atoms with E-state index in [4.69, 9.17) is 5.11 Å². The Morgan fingerprint density at radius 2 is 2.60 bits per heavy atom. The molecule has 0 aromatic heterocycles. The first-order valence-electron chi connectivity index (χ1n) is 3.45. The van der Waals surface area contributed by atoms with E-state index < -0.39 is 0 Å². The first-order valence-corrected chi connectivity index (χ1v) is 3.45. The molecule has 0 saturated carbocycles. The van der Waals surface area contributed by atoms with Gasteiger partial charge in [-0.25, -0.2) is 0 Å². The van der Waals surface area contributed by atoms with Gasteiger partial charge >= 0.3 is 0 Å². The predicted octanol–water partition coefficient (Wildman–Crippen LogP) is 1.56. The molecular weight excluding hydrogens is 135 g/mol. The summed E-state index contributed by atoms with van der Waals surface area (Å²) in [5, 5.41) is 8.69. The molecule has 1 rings (SSSR count). The van der Waals surface area contributed by atoms with E-state index in [1.54, 1.807) is 6.08 Å². The normalized spacial score (nSPS) is 25.8. The summed E-state index contributed by atoms with van der Waals surface area (Å²) < 4.78 is 11.5. The summed E-state index contributed by atoms with van der Waals surface area (Å²) in [5.74, 6) is 0.712. The van der Waals surface area contributed by atoms with Crippen molar-refractivity contribution in [1.29, 1.82) is 0 Å². The zero-order valence-corrected chi connectivity index (χ0v) is 5.72. The Morgan fingerprint density at radius 1 is 1.80 bits per heavy atom. The van der Waals surface area contributed by atoms with Crippen LogP contribution in [0.5, 0.6) is 0 Å². The smallest absolute Gasteiger partial charge is 0.145 e. The minimum Gasteiger partial charge on any atom is -0.396 e. The molecule has 1 aliphatic carbocycles. The van der Waals surface area contributed by atoms with Crippen LogP contribution in [0.4, 0.5) is 4.53 Å². The molecule has 3 heteroatoms. The fourth-order valence-electron chi connectivity index (χ4n) is 1.10. The number of aliphatic hydroxyl groups excluding tert-OH is 1. The van der Waals surface area contributed by atoms with Crippen LogP contribution in [-0.4, -0.2) is 11.7 Å². The second-order valence-corrected chi connectivity index (χ2v) is 2.57. The van der Waals surface area contributed by atoms with Gasteiger partial charge in [0.1, 0.15) is 5.76 Å². The molecule has 0 aliphatic heterocycles. The maximum atomic E-state index is 11.5. The van der Waals surface area contributed by atoms with Gasteiger partial charge in [-0.2, -0.15) is 0 Å². The van der Waals surface area contributed by atoms with E-state index in [0.29, 0.717) is 18.1 Å². The third-order valence-electron chi connectivity index (χ3n) is 1.84. The Balaban J connectivity index is 2.36. The molecule has 1 unspecified atom stereocenters. The molecule has 0 fully saturated rings. The monoisotopic (exact) mass is 146 g/mol. The van der Waals surface area contributed by atoms with Crippen molar-refractivity contribution < 1.29 is 14.6 Å². The average molecular weight is 146 g/mol.